The molecular weight excluding hydrogens is 170 g/mol. The Balaban J connectivity index is 3.74. The molecule has 1 atom stereocenters. The van der Waals surface area contributed by atoms with Crippen molar-refractivity contribution in [3.05, 3.63) is 10.1 Å². The van der Waals surface area contributed by atoms with Gasteiger partial charge in [-0.1, -0.05) is 40.0 Å². The lowest BCUT2D eigenvalue weighted by molar-refractivity contribution is -0.770. The quantitative estimate of drug-likeness (QED) is 0.351. The first-order valence-electron chi connectivity index (χ1n) is 4.89. The normalized spacial score (nSPS) is 12.9. The molecule has 0 bridgehead atoms. The zero-order chi connectivity index (χ0) is 10.3. The molecule has 0 aromatic heterocycles. The molecule has 4 nitrogen and oxygen atoms in total. The van der Waals surface area contributed by atoms with Crippen molar-refractivity contribution in [2.24, 2.45) is 5.92 Å². The molecule has 0 saturated heterocycles. The Kier molecular flexibility index (Phi) is 6.28. The largest absolute Gasteiger partial charge is 0.310 e. The van der Waals surface area contributed by atoms with Crippen molar-refractivity contribution in [3.63, 3.8) is 0 Å². The van der Waals surface area contributed by atoms with E-state index in [0.717, 1.165) is 25.7 Å². The monoisotopic (exact) mass is 189 g/mol. The summed E-state index contributed by atoms with van der Waals surface area (Å²) < 4.78 is 0. The van der Waals surface area contributed by atoms with Gasteiger partial charge in [-0.2, -0.15) is 0 Å². The minimum atomic E-state index is -0.684. The molecule has 13 heavy (non-hydrogen) atoms. The van der Waals surface area contributed by atoms with Gasteiger partial charge in [0.1, 0.15) is 6.10 Å². The molecular formula is C9H19NO3. The second kappa shape index (κ2) is 6.69. The zero-order valence-corrected chi connectivity index (χ0v) is 8.66. The SMILES string of the molecule is CCCCCC(O[N+](=O)[O-])C(C)C. The summed E-state index contributed by atoms with van der Waals surface area (Å²) in [7, 11) is 0. The molecule has 0 aliphatic heterocycles. The lowest BCUT2D eigenvalue weighted by Crippen LogP contribution is -2.22. The van der Waals surface area contributed by atoms with Crippen LogP contribution < -0.4 is 0 Å². The Bertz CT molecular complexity index is 148. The first-order valence-corrected chi connectivity index (χ1v) is 4.89. The third-order valence-electron chi connectivity index (χ3n) is 2.06. The second-order valence-electron chi connectivity index (χ2n) is 3.61. The smallest absolute Gasteiger partial charge is 0.294 e. The van der Waals surface area contributed by atoms with Crippen LogP contribution in [0.3, 0.4) is 0 Å². The van der Waals surface area contributed by atoms with E-state index < -0.39 is 5.09 Å². The molecule has 0 saturated carbocycles. The van der Waals surface area contributed by atoms with Gasteiger partial charge in [-0.15, -0.1) is 10.1 Å². The van der Waals surface area contributed by atoms with Gasteiger partial charge >= 0.3 is 0 Å². The highest BCUT2D eigenvalue weighted by Gasteiger charge is 2.16. The molecule has 0 aliphatic rings. The second-order valence-corrected chi connectivity index (χ2v) is 3.61. The summed E-state index contributed by atoms with van der Waals surface area (Å²) in [5.41, 5.74) is 0. The lowest BCUT2D eigenvalue weighted by atomic mass is 10.0. The van der Waals surface area contributed by atoms with E-state index >= 15 is 0 Å². The standard InChI is InChI=1S/C9H19NO3/c1-4-5-6-7-9(8(2)3)13-10(11)12/h8-9H,4-7H2,1-3H3. The first-order chi connectivity index (χ1) is 6.07. The van der Waals surface area contributed by atoms with E-state index in [1.54, 1.807) is 0 Å². The highest BCUT2D eigenvalue weighted by atomic mass is 17.0. The highest BCUT2D eigenvalue weighted by Crippen LogP contribution is 2.14. The Morgan fingerprint density at radius 1 is 1.38 bits per heavy atom. The molecule has 0 aliphatic carbocycles. The van der Waals surface area contributed by atoms with Crippen molar-refractivity contribution in [2.45, 2.75) is 52.6 Å². The maximum absolute atomic E-state index is 10.1. The van der Waals surface area contributed by atoms with Gasteiger partial charge in [-0.25, -0.2) is 0 Å². The summed E-state index contributed by atoms with van der Waals surface area (Å²) in [4.78, 5) is 14.7. The lowest BCUT2D eigenvalue weighted by Gasteiger charge is -2.17. The number of unbranched alkanes of at least 4 members (excludes halogenated alkanes) is 2. The predicted molar refractivity (Wildman–Crippen MR) is 50.8 cm³/mol. The maximum atomic E-state index is 10.1. The van der Waals surface area contributed by atoms with Gasteiger partial charge in [0.2, 0.25) is 0 Å². The van der Waals surface area contributed by atoms with E-state index in [2.05, 4.69) is 11.8 Å². The summed E-state index contributed by atoms with van der Waals surface area (Å²) in [6, 6.07) is 0. The Hall–Kier alpha value is -0.800. The molecule has 0 fully saturated rings. The molecule has 0 heterocycles. The summed E-state index contributed by atoms with van der Waals surface area (Å²) in [6.07, 6.45) is 3.80. The molecule has 0 N–H and O–H groups in total. The van der Waals surface area contributed by atoms with Crippen LogP contribution in [0.1, 0.15) is 46.5 Å². The number of rotatable bonds is 7. The van der Waals surface area contributed by atoms with E-state index in [1.807, 2.05) is 13.8 Å². The van der Waals surface area contributed by atoms with Crippen LogP contribution in [0.25, 0.3) is 0 Å². The molecule has 0 aromatic rings. The summed E-state index contributed by atoms with van der Waals surface area (Å²) in [6.45, 7) is 6.00. The molecule has 0 aromatic carbocycles. The van der Waals surface area contributed by atoms with Crippen molar-refractivity contribution in [2.75, 3.05) is 0 Å². The van der Waals surface area contributed by atoms with Gasteiger partial charge in [0.05, 0.1) is 0 Å². The van der Waals surface area contributed by atoms with Crippen molar-refractivity contribution in [1.82, 2.24) is 0 Å². The van der Waals surface area contributed by atoms with E-state index in [0.29, 0.717) is 0 Å². The van der Waals surface area contributed by atoms with Crippen LogP contribution in [0.2, 0.25) is 0 Å². The zero-order valence-electron chi connectivity index (χ0n) is 8.66. The van der Waals surface area contributed by atoms with Crippen LogP contribution in [-0.4, -0.2) is 11.2 Å². The van der Waals surface area contributed by atoms with Crippen molar-refractivity contribution in [1.29, 1.82) is 0 Å². The van der Waals surface area contributed by atoms with Crippen molar-refractivity contribution >= 4 is 0 Å². The van der Waals surface area contributed by atoms with E-state index in [1.165, 1.54) is 0 Å². The summed E-state index contributed by atoms with van der Waals surface area (Å²) >= 11 is 0. The minimum absolute atomic E-state index is 0.210. The Morgan fingerprint density at radius 3 is 2.38 bits per heavy atom. The third-order valence-corrected chi connectivity index (χ3v) is 2.06. The summed E-state index contributed by atoms with van der Waals surface area (Å²) in [5.74, 6) is 0.210. The maximum Gasteiger partial charge on any atom is 0.294 e. The fourth-order valence-corrected chi connectivity index (χ4v) is 1.21. The van der Waals surface area contributed by atoms with Gasteiger partial charge in [-0.3, -0.25) is 0 Å². The summed E-state index contributed by atoms with van der Waals surface area (Å²) in [5, 5.41) is 9.45. The van der Waals surface area contributed by atoms with Crippen LogP contribution in [0.4, 0.5) is 0 Å². The predicted octanol–water partition coefficient (Wildman–Crippen LogP) is 2.80. The van der Waals surface area contributed by atoms with Crippen LogP contribution in [0, 0.1) is 16.0 Å². The van der Waals surface area contributed by atoms with Gasteiger partial charge in [0, 0.05) is 0 Å². The molecule has 0 radical (unpaired) electrons. The van der Waals surface area contributed by atoms with Crippen LogP contribution in [0.15, 0.2) is 0 Å². The fourth-order valence-electron chi connectivity index (χ4n) is 1.21. The van der Waals surface area contributed by atoms with E-state index in [-0.39, 0.29) is 12.0 Å². The number of hydrogen-bond acceptors (Lipinski definition) is 3. The number of nitrogens with zero attached hydrogens (tertiary/aromatic N) is 1. The molecule has 78 valence electrons. The average molecular weight is 189 g/mol. The fraction of sp³-hybridized carbons (Fsp3) is 1.00. The molecule has 4 heteroatoms. The van der Waals surface area contributed by atoms with Gasteiger partial charge in [0.15, 0.2) is 0 Å². The van der Waals surface area contributed by atoms with E-state index in [9.17, 15) is 10.1 Å². The van der Waals surface area contributed by atoms with Crippen LogP contribution >= 0.6 is 0 Å². The third kappa shape index (κ3) is 6.37. The molecule has 0 rings (SSSR count). The topological polar surface area (TPSA) is 52.4 Å². The molecule has 0 amide bonds. The average Bonchev–Trinajstić information content (AvgIpc) is 2.02. The Labute approximate surface area is 79.4 Å². The molecule has 1 unspecified atom stereocenters. The molecule has 0 spiro atoms. The Morgan fingerprint density at radius 2 is 2.00 bits per heavy atom. The van der Waals surface area contributed by atoms with Gasteiger partial charge in [0.25, 0.3) is 5.09 Å². The van der Waals surface area contributed by atoms with E-state index in [4.69, 9.17) is 0 Å². The number of hydrogen-bond donors (Lipinski definition) is 0. The first kappa shape index (κ1) is 12.2. The van der Waals surface area contributed by atoms with Gasteiger partial charge < -0.3 is 4.84 Å². The highest BCUT2D eigenvalue weighted by molar-refractivity contribution is 4.60. The minimum Gasteiger partial charge on any atom is -0.310 e. The van der Waals surface area contributed by atoms with Gasteiger partial charge in [-0.05, 0) is 12.3 Å². The van der Waals surface area contributed by atoms with Crippen LogP contribution in [-0.2, 0) is 4.84 Å². The van der Waals surface area contributed by atoms with Crippen molar-refractivity contribution in [3.8, 4) is 0 Å². The van der Waals surface area contributed by atoms with Crippen LogP contribution in [0.5, 0.6) is 0 Å². The van der Waals surface area contributed by atoms with Crippen molar-refractivity contribution < 1.29 is 9.92 Å².